The maximum absolute atomic E-state index is 11.7. The molecule has 0 atom stereocenters. The van der Waals surface area contributed by atoms with Gasteiger partial charge in [-0.05, 0) is 29.8 Å². The van der Waals surface area contributed by atoms with Gasteiger partial charge < -0.3 is 9.72 Å². The first-order chi connectivity index (χ1) is 7.63. The summed E-state index contributed by atoms with van der Waals surface area (Å²) in [7, 11) is 0. The van der Waals surface area contributed by atoms with Gasteiger partial charge in [-0.2, -0.15) is 0 Å². The zero-order chi connectivity index (χ0) is 11.7. The highest BCUT2D eigenvalue weighted by Crippen LogP contribution is 2.21. The molecule has 6 heteroatoms. The lowest BCUT2D eigenvalue weighted by atomic mass is 10.2. The summed E-state index contributed by atoms with van der Waals surface area (Å²) >= 11 is 3.22. The lowest BCUT2D eigenvalue weighted by Gasteiger charge is -2.00. The Balaban J connectivity index is 2.62. The van der Waals surface area contributed by atoms with E-state index < -0.39 is 0 Å². The van der Waals surface area contributed by atoms with Crippen molar-refractivity contribution in [3.8, 4) is 0 Å². The van der Waals surface area contributed by atoms with Gasteiger partial charge in [-0.25, -0.2) is 14.8 Å². The summed E-state index contributed by atoms with van der Waals surface area (Å²) in [6.07, 6.45) is 1.58. The van der Waals surface area contributed by atoms with Crippen LogP contribution in [0.4, 0.5) is 0 Å². The van der Waals surface area contributed by atoms with Gasteiger partial charge >= 0.3 is 5.97 Å². The number of hydrogen-bond donors (Lipinski definition) is 1. The summed E-state index contributed by atoms with van der Waals surface area (Å²) in [6, 6.07) is 0. The monoisotopic (exact) mass is 283 g/mol. The first-order valence-electron chi connectivity index (χ1n) is 4.81. The Morgan fingerprint density at radius 3 is 3.06 bits per heavy atom. The van der Waals surface area contributed by atoms with Crippen LogP contribution in [0.15, 0.2) is 10.8 Å². The highest BCUT2D eigenvalue weighted by molar-refractivity contribution is 9.10. The lowest BCUT2D eigenvalue weighted by molar-refractivity contribution is 0.0527. The number of aromatic amines is 1. The molecule has 84 valence electrons. The molecule has 0 bridgehead atoms. The first-order valence-corrected chi connectivity index (χ1v) is 5.60. The van der Waals surface area contributed by atoms with E-state index in [2.05, 4.69) is 30.9 Å². The number of H-pyrrole nitrogens is 1. The van der Waals surface area contributed by atoms with Crippen molar-refractivity contribution < 1.29 is 9.53 Å². The van der Waals surface area contributed by atoms with E-state index in [1.54, 1.807) is 20.0 Å². The van der Waals surface area contributed by atoms with Crippen molar-refractivity contribution in [2.24, 2.45) is 0 Å². The molecule has 16 heavy (non-hydrogen) atoms. The van der Waals surface area contributed by atoms with Crippen molar-refractivity contribution in [1.82, 2.24) is 15.0 Å². The summed E-state index contributed by atoms with van der Waals surface area (Å²) in [6.45, 7) is 3.90. The van der Waals surface area contributed by atoms with Gasteiger partial charge in [0.05, 0.1) is 12.8 Å². The minimum Gasteiger partial charge on any atom is -0.462 e. The molecule has 0 saturated carbocycles. The third-order valence-corrected chi connectivity index (χ3v) is 2.52. The Hall–Kier alpha value is -1.43. The molecular weight excluding hydrogens is 274 g/mol. The molecule has 2 heterocycles. The van der Waals surface area contributed by atoms with Crippen LogP contribution in [0.2, 0.25) is 0 Å². The fourth-order valence-electron chi connectivity index (χ4n) is 1.50. The maximum atomic E-state index is 11.7. The SMILES string of the molecule is CCOC(=O)c1c(C)[nH]c2ncc(Br)nc12. The van der Waals surface area contributed by atoms with E-state index in [4.69, 9.17) is 4.74 Å². The van der Waals surface area contributed by atoms with Crippen LogP contribution < -0.4 is 0 Å². The highest BCUT2D eigenvalue weighted by atomic mass is 79.9. The summed E-state index contributed by atoms with van der Waals surface area (Å²) in [5, 5.41) is 0. The van der Waals surface area contributed by atoms with Gasteiger partial charge in [0.1, 0.15) is 15.7 Å². The Morgan fingerprint density at radius 2 is 2.38 bits per heavy atom. The number of carbonyl (C=O) groups is 1. The van der Waals surface area contributed by atoms with Crippen molar-refractivity contribution in [1.29, 1.82) is 0 Å². The summed E-state index contributed by atoms with van der Waals surface area (Å²) < 4.78 is 5.56. The summed E-state index contributed by atoms with van der Waals surface area (Å²) in [5.41, 5.74) is 2.28. The number of halogens is 1. The summed E-state index contributed by atoms with van der Waals surface area (Å²) in [5.74, 6) is -0.376. The van der Waals surface area contributed by atoms with Crippen LogP contribution in [0.1, 0.15) is 23.0 Å². The molecule has 0 saturated heterocycles. The molecule has 0 fully saturated rings. The topological polar surface area (TPSA) is 67.9 Å². The van der Waals surface area contributed by atoms with Gasteiger partial charge in [0.2, 0.25) is 0 Å². The van der Waals surface area contributed by atoms with Crippen LogP contribution in [0.25, 0.3) is 11.2 Å². The van der Waals surface area contributed by atoms with Gasteiger partial charge in [0, 0.05) is 5.69 Å². The molecule has 2 aromatic heterocycles. The molecule has 0 spiro atoms. The van der Waals surface area contributed by atoms with E-state index in [9.17, 15) is 4.79 Å². The highest BCUT2D eigenvalue weighted by Gasteiger charge is 2.19. The largest absolute Gasteiger partial charge is 0.462 e. The molecule has 0 aliphatic rings. The van der Waals surface area contributed by atoms with Crippen LogP contribution in [-0.2, 0) is 4.74 Å². The third kappa shape index (κ3) is 1.80. The van der Waals surface area contributed by atoms with Crippen LogP contribution in [0.3, 0.4) is 0 Å². The number of fused-ring (bicyclic) bond motifs is 1. The van der Waals surface area contributed by atoms with Gasteiger partial charge in [-0.15, -0.1) is 0 Å². The minimum absolute atomic E-state index is 0.340. The normalized spacial score (nSPS) is 10.7. The standard InChI is InChI=1S/C10H10BrN3O2/c1-3-16-10(15)7-5(2)13-9-8(7)14-6(11)4-12-9/h4H,3H2,1-2H3,(H,12,13). The van der Waals surface area contributed by atoms with E-state index in [1.165, 1.54) is 0 Å². The van der Waals surface area contributed by atoms with Crippen molar-refractivity contribution in [3.63, 3.8) is 0 Å². The van der Waals surface area contributed by atoms with Crippen LogP contribution in [-0.4, -0.2) is 27.5 Å². The second-order valence-corrected chi connectivity index (χ2v) is 4.05. The zero-order valence-corrected chi connectivity index (χ0v) is 10.5. The van der Waals surface area contributed by atoms with E-state index in [0.717, 1.165) is 0 Å². The third-order valence-electron chi connectivity index (χ3n) is 2.14. The Kier molecular flexibility index (Phi) is 2.91. The molecule has 0 aliphatic carbocycles. The quantitative estimate of drug-likeness (QED) is 0.858. The molecule has 2 rings (SSSR count). The second kappa shape index (κ2) is 4.21. The number of ether oxygens (including phenoxy) is 1. The van der Waals surface area contributed by atoms with E-state index in [-0.39, 0.29) is 5.97 Å². The number of nitrogens with one attached hydrogen (secondary N) is 1. The number of rotatable bonds is 2. The zero-order valence-electron chi connectivity index (χ0n) is 8.87. The number of nitrogens with zero attached hydrogens (tertiary/aromatic N) is 2. The van der Waals surface area contributed by atoms with Crippen LogP contribution >= 0.6 is 15.9 Å². The molecule has 0 radical (unpaired) electrons. The number of esters is 1. The number of hydrogen-bond acceptors (Lipinski definition) is 4. The van der Waals surface area contributed by atoms with Crippen LogP contribution in [0, 0.1) is 6.92 Å². The first kappa shape index (κ1) is 11.1. The maximum Gasteiger partial charge on any atom is 0.342 e. The molecule has 0 aromatic carbocycles. The van der Waals surface area contributed by atoms with Gasteiger partial charge in [-0.1, -0.05) is 0 Å². The predicted molar refractivity (Wildman–Crippen MR) is 62.3 cm³/mol. The minimum atomic E-state index is -0.376. The average Bonchev–Trinajstić information content (AvgIpc) is 2.53. The fraction of sp³-hybridized carbons (Fsp3) is 0.300. The fourth-order valence-corrected chi connectivity index (χ4v) is 1.78. The van der Waals surface area contributed by atoms with E-state index in [1.807, 2.05) is 0 Å². The van der Waals surface area contributed by atoms with Gasteiger partial charge in [0.15, 0.2) is 5.65 Å². The predicted octanol–water partition coefficient (Wildman–Crippen LogP) is 2.21. The molecule has 2 aromatic rings. The van der Waals surface area contributed by atoms with Crippen molar-refractivity contribution in [3.05, 3.63) is 22.1 Å². The lowest BCUT2D eigenvalue weighted by Crippen LogP contribution is -2.06. The Bertz CT molecular complexity index is 550. The smallest absolute Gasteiger partial charge is 0.342 e. The summed E-state index contributed by atoms with van der Waals surface area (Å²) in [4.78, 5) is 23.1. The van der Waals surface area contributed by atoms with Crippen molar-refractivity contribution in [2.45, 2.75) is 13.8 Å². The van der Waals surface area contributed by atoms with E-state index in [0.29, 0.717) is 33.6 Å². The van der Waals surface area contributed by atoms with Crippen molar-refractivity contribution in [2.75, 3.05) is 6.61 Å². The Labute approximate surface area is 100 Å². The molecule has 1 N–H and O–H groups in total. The Morgan fingerprint density at radius 1 is 1.62 bits per heavy atom. The van der Waals surface area contributed by atoms with E-state index >= 15 is 0 Å². The van der Waals surface area contributed by atoms with Crippen LogP contribution in [0.5, 0.6) is 0 Å². The van der Waals surface area contributed by atoms with Gasteiger partial charge in [0.25, 0.3) is 0 Å². The number of carbonyl (C=O) groups excluding carboxylic acids is 1. The molecule has 0 amide bonds. The molecular formula is C10H10BrN3O2. The van der Waals surface area contributed by atoms with Gasteiger partial charge in [-0.3, -0.25) is 0 Å². The molecule has 0 aliphatic heterocycles. The average molecular weight is 284 g/mol. The molecule has 0 unspecified atom stereocenters. The number of aromatic nitrogens is 3. The van der Waals surface area contributed by atoms with Crippen molar-refractivity contribution >= 4 is 33.1 Å². The molecule has 5 nitrogen and oxygen atoms in total. The number of aryl methyl sites for hydroxylation is 1. The second-order valence-electron chi connectivity index (χ2n) is 3.24.